The molecule has 4 rings (SSSR count). The number of likely N-dealkylation sites (tertiary alicyclic amines) is 1. The van der Waals surface area contributed by atoms with E-state index in [0.717, 1.165) is 48.5 Å². The van der Waals surface area contributed by atoms with E-state index < -0.39 is 0 Å². The van der Waals surface area contributed by atoms with Crippen LogP contribution >= 0.6 is 0 Å². The number of aryl methyl sites for hydroxylation is 3. The third-order valence-electron chi connectivity index (χ3n) is 5.36. The van der Waals surface area contributed by atoms with Crippen molar-refractivity contribution in [3.8, 4) is 0 Å². The third kappa shape index (κ3) is 3.23. The lowest BCUT2D eigenvalue weighted by Crippen LogP contribution is -2.39. The topological polar surface area (TPSA) is 66.8 Å². The Morgan fingerprint density at radius 1 is 1.31 bits per heavy atom. The van der Waals surface area contributed by atoms with Gasteiger partial charge in [0, 0.05) is 43.9 Å². The number of carbonyl (C=O) groups is 1. The number of aromatic amines is 1. The molecule has 1 saturated heterocycles. The number of nitrogens with zero attached hydrogens (tertiary/aromatic N) is 4. The van der Waals surface area contributed by atoms with Crippen LogP contribution in [0.3, 0.4) is 0 Å². The van der Waals surface area contributed by atoms with Gasteiger partial charge in [-0.2, -0.15) is 5.10 Å². The molecule has 1 fully saturated rings. The van der Waals surface area contributed by atoms with Gasteiger partial charge in [-0.1, -0.05) is 12.1 Å². The minimum absolute atomic E-state index is 0.205. The lowest BCUT2D eigenvalue weighted by Gasteiger charge is -2.32. The maximum absolute atomic E-state index is 12.7. The molecule has 3 aromatic rings. The maximum Gasteiger partial charge on any atom is 0.224 e. The summed E-state index contributed by atoms with van der Waals surface area (Å²) in [7, 11) is 0. The van der Waals surface area contributed by atoms with Crippen LogP contribution in [0.1, 0.15) is 42.3 Å². The Hall–Kier alpha value is -2.63. The van der Waals surface area contributed by atoms with E-state index in [1.807, 2.05) is 28.6 Å². The predicted molar refractivity (Wildman–Crippen MR) is 101 cm³/mol. The molecule has 6 heteroatoms. The van der Waals surface area contributed by atoms with Crippen molar-refractivity contribution in [2.24, 2.45) is 0 Å². The molecular weight excluding hydrogens is 326 g/mol. The monoisotopic (exact) mass is 351 g/mol. The molecule has 1 aromatic carbocycles. The van der Waals surface area contributed by atoms with Gasteiger partial charge in [0.1, 0.15) is 5.82 Å². The quantitative estimate of drug-likeness (QED) is 0.785. The number of carbonyl (C=O) groups excluding carboxylic acids is 1. The second-order valence-electron chi connectivity index (χ2n) is 7.22. The van der Waals surface area contributed by atoms with Crippen LogP contribution in [0.4, 0.5) is 0 Å². The minimum atomic E-state index is 0.205. The van der Waals surface area contributed by atoms with Gasteiger partial charge in [-0.25, -0.2) is 4.98 Å². The van der Waals surface area contributed by atoms with Crippen LogP contribution in [0.15, 0.2) is 30.5 Å². The minimum Gasteiger partial charge on any atom is -0.342 e. The van der Waals surface area contributed by atoms with Crippen molar-refractivity contribution >= 4 is 16.9 Å². The molecule has 3 heterocycles. The number of piperidine rings is 1. The van der Waals surface area contributed by atoms with Crippen LogP contribution in [-0.4, -0.2) is 43.6 Å². The number of rotatable bonds is 4. The molecule has 0 unspecified atom stereocenters. The van der Waals surface area contributed by atoms with E-state index >= 15 is 0 Å². The van der Waals surface area contributed by atoms with E-state index in [1.165, 1.54) is 5.56 Å². The second kappa shape index (κ2) is 6.94. The number of nitrogens with one attached hydrogen (secondary N) is 1. The summed E-state index contributed by atoms with van der Waals surface area (Å²) < 4.78 is 1.89. The smallest absolute Gasteiger partial charge is 0.224 e. The zero-order valence-corrected chi connectivity index (χ0v) is 15.4. The van der Waals surface area contributed by atoms with Crippen molar-refractivity contribution in [1.82, 2.24) is 24.6 Å². The van der Waals surface area contributed by atoms with Gasteiger partial charge in [0.2, 0.25) is 5.91 Å². The zero-order chi connectivity index (χ0) is 18.1. The van der Waals surface area contributed by atoms with Crippen LogP contribution in [0.5, 0.6) is 0 Å². The number of benzene rings is 1. The van der Waals surface area contributed by atoms with Gasteiger partial charge in [-0.3, -0.25) is 9.48 Å². The zero-order valence-electron chi connectivity index (χ0n) is 15.4. The summed E-state index contributed by atoms with van der Waals surface area (Å²) in [5.74, 6) is 1.50. The summed E-state index contributed by atoms with van der Waals surface area (Å²) in [6.07, 6.45) is 4.36. The molecule has 6 nitrogen and oxygen atoms in total. The van der Waals surface area contributed by atoms with Gasteiger partial charge >= 0.3 is 0 Å². The largest absolute Gasteiger partial charge is 0.342 e. The molecule has 26 heavy (non-hydrogen) atoms. The molecule has 0 saturated carbocycles. The van der Waals surface area contributed by atoms with Gasteiger partial charge in [0.25, 0.3) is 0 Å². The van der Waals surface area contributed by atoms with Crippen LogP contribution in [0.2, 0.25) is 0 Å². The van der Waals surface area contributed by atoms with Crippen LogP contribution in [-0.2, 0) is 11.3 Å². The first-order valence-electron chi connectivity index (χ1n) is 9.33. The molecular formula is C20H25N5O. The molecule has 1 atom stereocenters. The Kier molecular flexibility index (Phi) is 4.49. The summed E-state index contributed by atoms with van der Waals surface area (Å²) in [6, 6.07) is 8.16. The molecule has 1 aliphatic rings. The van der Waals surface area contributed by atoms with Gasteiger partial charge in [-0.15, -0.1) is 0 Å². The van der Waals surface area contributed by atoms with E-state index in [0.29, 0.717) is 13.0 Å². The van der Waals surface area contributed by atoms with E-state index in [4.69, 9.17) is 4.98 Å². The average Bonchev–Trinajstić information content (AvgIpc) is 3.27. The van der Waals surface area contributed by atoms with Gasteiger partial charge < -0.3 is 9.88 Å². The highest BCUT2D eigenvalue weighted by Crippen LogP contribution is 2.28. The van der Waals surface area contributed by atoms with Crippen molar-refractivity contribution in [2.45, 2.75) is 45.6 Å². The normalized spacial score (nSPS) is 17.8. The van der Waals surface area contributed by atoms with Gasteiger partial charge in [-0.05, 0) is 44.4 Å². The fourth-order valence-electron chi connectivity index (χ4n) is 3.81. The van der Waals surface area contributed by atoms with Crippen molar-refractivity contribution in [3.63, 3.8) is 0 Å². The van der Waals surface area contributed by atoms with Crippen molar-refractivity contribution in [2.75, 3.05) is 13.1 Å². The van der Waals surface area contributed by atoms with E-state index in [-0.39, 0.29) is 11.8 Å². The predicted octanol–water partition coefficient (Wildman–Crippen LogP) is 3.17. The molecule has 136 valence electrons. The molecule has 1 N–H and O–H groups in total. The third-order valence-corrected chi connectivity index (χ3v) is 5.36. The molecule has 0 bridgehead atoms. The molecule has 1 aliphatic heterocycles. The Bertz CT molecular complexity index is 925. The summed E-state index contributed by atoms with van der Waals surface area (Å²) in [5, 5.41) is 4.26. The van der Waals surface area contributed by atoms with Gasteiger partial charge in [0.05, 0.1) is 11.0 Å². The summed E-state index contributed by atoms with van der Waals surface area (Å²) in [4.78, 5) is 22.9. The second-order valence-corrected chi connectivity index (χ2v) is 7.22. The Morgan fingerprint density at radius 3 is 2.96 bits per heavy atom. The lowest BCUT2D eigenvalue weighted by atomic mass is 9.97. The van der Waals surface area contributed by atoms with E-state index in [1.54, 1.807) is 6.20 Å². The summed E-state index contributed by atoms with van der Waals surface area (Å²) in [5.41, 5.74) is 4.40. The lowest BCUT2D eigenvalue weighted by molar-refractivity contribution is -0.132. The molecule has 1 amide bonds. The summed E-state index contributed by atoms with van der Waals surface area (Å²) in [6.45, 7) is 6.32. The SMILES string of the molecule is Cc1cccc2[nH]c([C@H]3CCCN(C(=O)CCn4nccc4C)C3)nc12. The van der Waals surface area contributed by atoms with Crippen LogP contribution < -0.4 is 0 Å². The van der Waals surface area contributed by atoms with Crippen LogP contribution in [0.25, 0.3) is 11.0 Å². The van der Waals surface area contributed by atoms with Crippen molar-refractivity contribution in [1.29, 1.82) is 0 Å². The highest BCUT2D eigenvalue weighted by molar-refractivity contribution is 5.79. The maximum atomic E-state index is 12.7. The van der Waals surface area contributed by atoms with Crippen molar-refractivity contribution in [3.05, 3.63) is 47.5 Å². The number of hydrogen-bond acceptors (Lipinski definition) is 3. The highest BCUT2D eigenvalue weighted by atomic mass is 16.2. The van der Waals surface area contributed by atoms with Crippen molar-refractivity contribution < 1.29 is 4.79 Å². The fraction of sp³-hybridized carbons (Fsp3) is 0.450. The average molecular weight is 351 g/mol. The number of fused-ring (bicyclic) bond motifs is 1. The number of imidazole rings is 1. The molecule has 0 aliphatic carbocycles. The fourth-order valence-corrected chi connectivity index (χ4v) is 3.81. The number of aromatic nitrogens is 4. The highest BCUT2D eigenvalue weighted by Gasteiger charge is 2.26. The Morgan fingerprint density at radius 2 is 2.19 bits per heavy atom. The first-order chi connectivity index (χ1) is 12.6. The number of hydrogen-bond donors (Lipinski definition) is 1. The van der Waals surface area contributed by atoms with E-state index in [9.17, 15) is 4.79 Å². The van der Waals surface area contributed by atoms with Crippen LogP contribution in [0, 0.1) is 13.8 Å². The first kappa shape index (κ1) is 16.8. The number of H-pyrrole nitrogens is 1. The Balaban J connectivity index is 1.44. The Labute approximate surface area is 153 Å². The number of para-hydroxylation sites is 1. The first-order valence-corrected chi connectivity index (χ1v) is 9.33. The molecule has 0 spiro atoms. The molecule has 2 aromatic heterocycles. The van der Waals surface area contributed by atoms with E-state index in [2.05, 4.69) is 29.1 Å². The van der Waals surface area contributed by atoms with Gasteiger partial charge in [0.15, 0.2) is 0 Å². The number of amides is 1. The standard InChI is InChI=1S/C20H25N5O/c1-14-5-3-7-17-19(14)23-20(22-17)16-6-4-11-24(13-16)18(26)9-12-25-15(2)8-10-21-25/h3,5,7-8,10,16H,4,6,9,11-13H2,1-2H3,(H,22,23)/t16-/m0/s1. The molecule has 0 radical (unpaired) electrons. The summed E-state index contributed by atoms with van der Waals surface area (Å²) >= 11 is 0.